The summed E-state index contributed by atoms with van der Waals surface area (Å²) in [7, 11) is 0. The van der Waals surface area contributed by atoms with Crippen molar-refractivity contribution in [2.24, 2.45) is 5.92 Å². The van der Waals surface area contributed by atoms with Gasteiger partial charge in [-0.3, -0.25) is 0 Å². The Morgan fingerprint density at radius 2 is 2.35 bits per heavy atom. The molecule has 3 atom stereocenters. The highest BCUT2D eigenvalue weighted by atomic mass is 16.6. The Balaban J connectivity index is 1.71. The molecular formula is C13H18O4. The molecule has 3 rings (SSSR count). The van der Waals surface area contributed by atoms with Crippen molar-refractivity contribution in [2.75, 3.05) is 19.8 Å². The summed E-state index contributed by atoms with van der Waals surface area (Å²) in [5.41, 5.74) is -0.156. The van der Waals surface area contributed by atoms with E-state index in [1.165, 1.54) is 0 Å². The van der Waals surface area contributed by atoms with Crippen LogP contribution in [0.25, 0.3) is 0 Å². The average Bonchev–Trinajstić information content (AvgIpc) is 3.00. The largest absolute Gasteiger partial charge is 0.467 e. The van der Waals surface area contributed by atoms with Crippen molar-refractivity contribution in [3.05, 3.63) is 24.2 Å². The molecule has 0 amide bonds. The Hall–Kier alpha value is -0.840. The highest BCUT2D eigenvalue weighted by Gasteiger charge is 2.43. The van der Waals surface area contributed by atoms with Crippen molar-refractivity contribution in [3.63, 3.8) is 0 Å². The fourth-order valence-corrected chi connectivity index (χ4v) is 2.89. The molecule has 1 aromatic heterocycles. The summed E-state index contributed by atoms with van der Waals surface area (Å²) in [5, 5.41) is 10.3. The summed E-state index contributed by atoms with van der Waals surface area (Å²) in [4.78, 5) is 0. The van der Waals surface area contributed by atoms with E-state index in [9.17, 15) is 5.11 Å². The summed E-state index contributed by atoms with van der Waals surface area (Å²) in [6, 6.07) is 3.64. The third kappa shape index (κ3) is 2.12. The van der Waals surface area contributed by atoms with E-state index in [1.807, 2.05) is 12.1 Å². The van der Waals surface area contributed by atoms with Crippen LogP contribution in [0.3, 0.4) is 0 Å². The number of hydrogen-bond donors (Lipinski definition) is 1. The van der Waals surface area contributed by atoms with E-state index in [0.29, 0.717) is 19.0 Å². The Bertz CT molecular complexity index is 354. The minimum Gasteiger partial charge on any atom is -0.467 e. The zero-order valence-electron chi connectivity index (χ0n) is 9.80. The van der Waals surface area contributed by atoms with Crippen molar-refractivity contribution < 1.29 is 19.0 Å². The summed E-state index contributed by atoms with van der Waals surface area (Å²) >= 11 is 0. The van der Waals surface area contributed by atoms with Gasteiger partial charge in [-0.15, -0.1) is 0 Å². The van der Waals surface area contributed by atoms with Gasteiger partial charge in [0.15, 0.2) is 0 Å². The lowest BCUT2D eigenvalue weighted by atomic mass is 9.81. The minimum atomic E-state index is -0.522. The zero-order valence-corrected chi connectivity index (χ0v) is 9.80. The van der Waals surface area contributed by atoms with Gasteiger partial charge in [-0.1, -0.05) is 0 Å². The van der Waals surface area contributed by atoms with E-state index in [2.05, 4.69) is 0 Å². The molecule has 0 radical (unpaired) electrons. The van der Waals surface area contributed by atoms with Crippen molar-refractivity contribution in [1.82, 2.24) is 0 Å². The Morgan fingerprint density at radius 3 is 3.06 bits per heavy atom. The van der Waals surface area contributed by atoms with Crippen LogP contribution in [0.4, 0.5) is 0 Å². The van der Waals surface area contributed by atoms with Gasteiger partial charge in [-0.2, -0.15) is 0 Å². The first kappa shape index (κ1) is 11.3. The quantitative estimate of drug-likeness (QED) is 0.855. The first-order valence-electron chi connectivity index (χ1n) is 6.22. The fourth-order valence-electron chi connectivity index (χ4n) is 2.89. The van der Waals surface area contributed by atoms with Crippen molar-refractivity contribution in [3.8, 4) is 0 Å². The van der Waals surface area contributed by atoms with E-state index in [-0.39, 0.29) is 11.5 Å². The van der Waals surface area contributed by atoms with E-state index < -0.39 is 6.10 Å². The predicted octanol–water partition coefficient (Wildman–Crippen LogP) is 1.90. The van der Waals surface area contributed by atoms with Crippen LogP contribution in [0.1, 0.15) is 31.1 Å². The molecule has 2 aliphatic heterocycles. The van der Waals surface area contributed by atoms with E-state index in [4.69, 9.17) is 13.9 Å². The average molecular weight is 238 g/mol. The summed E-state index contributed by atoms with van der Waals surface area (Å²) in [6.45, 7) is 2.13. The molecule has 17 heavy (non-hydrogen) atoms. The van der Waals surface area contributed by atoms with Crippen molar-refractivity contribution in [2.45, 2.75) is 31.0 Å². The predicted molar refractivity (Wildman–Crippen MR) is 60.5 cm³/mol. The molecule has 2 aliphatic rings. The smallest absolute Gasteiger partial charge is 0.132 e. The second kappa shape index (κ2) is 4.44. The van der Waals surface area contributed by atoms with Gasteiger partial charge in [0.05, 0.1) is 18.5 Å². The van der Waals surface area contributed by atoms with Gasteiger partial charge in [-0.25, -0.2) is 0 Å². The van der Waals surface area contributed by atoms with E-state index >= 15 is 0 Å². The number of aliphatic hydroxyl groups is 1. The van der Waals surface area contributed by atoms with Crippen LogP contribution in [0.5, 0.6) is 0 Å². The maximum Gasteiger partial charge on any atom is 0.132 e. The van der Waals surface area contributed by atoms with Gasteiger partial charge in [0.2, 0.25) is 0 Å². The molecule has 94 valence electrons. The summed E-state index contributed by atoms with van der Waals surface area (Å²) in [6.07, 6.45) is 3.76. The topological polar surface area (TPSA) is 51.8 Å². The van der Waals surface area contributed by atoms with Crippen LogP contribution in [0.15, 0.2) is 22.8 Å². The van der Waals surface area contributed by atoms with Crippen LogP contribution in [0, 0.1) is 5.92 Å². The van der Waals surface area contributed by atoms with Crippen LogP contribution < -0.4 is 0 Å². The van der Waals surface area contributed by atoms with Gasteiger partial charge < -0.3 is 19.0 Å². The second-order valence-electron chi connectivity index (χ2n) is 5.05. The third-order valence-corrected chi connectivity index (χ3v) is 3.88. The second-order valence-corrected chi connectivity index (χ2v) is 5.05. The molecule has 1 aromatic rings. The monoisotopic (exact) mass is 238 g/mol. The first-order chi connectivity index (χ1) is 8.29. The maximum absolute atomic E-state index is 10.3. The molecule has 3 unspecified atom stereocenters. The van der Waals surface area contributed by atoms with Gasteiger partial charge >= 0.3 is 0 Å². The first-order valence-corrected chi connectivity index (χ1v) is 6.22. The molecule has 0 aliphatic carbocycles. The lowest BCUT2D eigenvalue weighted by molar-refractivity contribution is -0.119. The third-order valence-electron chi connectivity index (χ3n) is 3.88. The SMILES string of the molecule is OC(c1ccco1)C1CCOC2(CCOC2)C1. The number of ether oxygens (including phenoxy) is 2. The van der Waals surface area contributed by atoms with Crippen molar-refractivity contribution >= 4 is 0 Å². The van der Waals surface area contributed by atoms with Gasteiger partial charge in [0, 0.05) is 19.6 Å². The molecule has 3 heterocycles. The maximum atomic E-state index is 10.3. The molecule has 4 heteroatoms. The van der Waals surface area contributed by atoms with Gasteiger partial charge in [0.25, 0.3) is 0 Å². The molecular weight excluding hydrogens is 220 g/mol. The number of aliphatic hydroxyl groups excluding tert-OH is 1. The summed E-state index contributed by atoms with van der Waals surface area (Å²) < 4.78 is 16.6. The van der Waals surface area contributed by atoms with E-state index in [0.717, 1.165) is 25.9 Å². The molecule has 0 bridgehead atoms. The molecule has 4 nitrogen and oxygen atoms in total. The molecule has 0 saturated carbocycles. The lowest BCUT2D eigenvalue weighted by Gasteiger charge is -2.38. The molecule has 1 N–H and O–H groups in total. The highest BCUT2D eigenvalue weighted by Crippen LogP contribution is 2.40. The Morgan fingerprint density at radius 1 is 1.41 bits per heavy atom. The van der Waals surface area contributed by atoms with Crippen molar-refractivity contribution in [1.29, 1.82) is 0 Å². The molecule has 2 fully saturated rings. The van der Waals surface area contributed by atoms with Crippen LogP contribution >= 0.6 is 0 Å². The van der Waals surface area contributed by atoms with Crippen LogP contribution in [0.2, 0.25) is 0 Å². The number of furan rings is 1. The minimum absolute atomic E-state index is 0.156. The van der Waals surface area contributed by atoms with Crippen LogP contribution in [-0.4, -0.2) is 30.5 Å². The Labute approximate surface area is 101 Å². The van der Waals surface area contributed by atoms with Crippen LogP contribution in [-0.2, 0) is 9.47 Å². The zero-order chi connectivity index (χ0) is 11.7. The fraction of sp³-hybridized carbons (Fsp3) is 0.692. The lowest BCUT2D eigenvalue weighted by Crippen LogP contribution is -2.41. The number of rotatable bonds is 2. The normalized spacial score (nSPS) is 35.2. The molecule has 2 saturated heterocycles. The standard InChI is InChI=1S/C13H18O4/c14-12(11-2-1-5-16-11)10-3-6-17-13(8-10)4-7-15-9-13/h1-2,5,10,12,14H,3-4,6-9H2. The molecule has 1 spiro atoms. The Kier molecular flexibility index (Phi) is 2.94. The van der Waals surface area contributed by atoms with Gasteiger partial charge in [-0.05, 0) is 30.9 Å². The van der Waals surface area contributed by atoms with E-state index in [1.54, 1.807) is 6.26 Å². The summed E-state index contributed by atoms with van der Waals surface area (Å²) in [5.74, 6) is 0.863. The van der Waals surface area contributed by atoms with Gasteiger partial charge in [0.1, 0.15) is 11.9 Å². The molecule has 0 aromatic carbocycles. The highest BCUT2D eigenvalue weighted by molar-refractivity contribution is 5.05. The number of hydrogen-bond acceptors (Lipinski definition) is 4.